The van der Waals surface area contributed by atoms with E-state index in [1.54, 1.807) is 51.2 Å². The molecule has 0 aromatic heterocycles. The lowest BCUT2D eigenvalue weighted by molar-refractivity contribution is -0.157. The normalized spacial score (nSPS) is 18.0. The highest BCUT2D eigenvalue weighted by molar-refractivity contribution is 6.42. The first-order valence-corrected chi connectivity index (χ1v) is 15.9. The maximum absolute atomic E-state index is 14.3. The van der Waals surface area contributed by atoms with E-state index in [1.165, 1.54) is 11.1 Å². The minimum atomic E-state index is -0.866. The van der Waals surface area contributed by atoms with Crippen LogP contribution in [0.15, 0.2) is 91.5 Å². The molecule has 4 amide bonds. The lowest BCUT2D eigenvalue weighted by Crippen LogP contribution is -2.66. The van der Waals surface area contributed by atoms with Crippen LogP contribution in [0.2, 0.25) is 10.0 Å². The van der Waals surface area contributed by atoms with Crippen molar-refractivity contribution in [2.75, 3.05) is 25.4 Å². The van der Waals surface area contributed by atoms with Crippen LogP contribution >= 0.6 is 23.2 Å². The number of nitrogens with zero attached hydrogens (tertiary/aromatic N) is 4. The third kappa shape index (κ3) is 6.58. The number of nitrogens with two attached hydrogens (primary N) is 1. The molecule has 0 unspecified atom stereocenters. The summed E-state index contributed by atoms with van der Waals surface area (Å²) in [6, 6.07) is 22.6. The number of rotatable bonds is 9. The summed E-state index contributed by atoms with van der Waals surface area (Å²) in [5, 5.41) is 18.9. The number of phenolic OH excluding ortho intramolecular Hbond substituents is 1. The van der Waals surface area contributed by atoms with Gasteiger partial charge in [-0.3, -0.25) is 14.6 Å². The Balaban J connectivity index is 1.32. The first-order chi connectivity index (χ1) is 22.6. The number of aromatic hydroxyl groups is 1. The van der Waals surface area contributed by atoms with E-state index < -0.39 is 18.2 Å². The van der Waals surface area contributed by atoms with Crippen molar-refractivity contribution in [1.29, 1.82) is 0 Å². The number of hydrogen-bond acceptors (Lipinski definition) is 6. The summed E-state index contributed by atoms with van der Waals surface area (Å²) in [5.74, 6) is -0.554. The Morgan fingerprint density at radius 2 is 1.79 bits per heavy atom. The zero-order valence-corrected chi connectivity index (χ0v) is 27.0. The largest absolute Gasteiger partial charge is 0.506 e. The summed E-state index contributed by atoms with van der Waals surface area (Å²) in [4.78, 5) is 45.0. The van der Waals surface area contributed by atoms with Crippen molar-refractivity contribution in [1.82, 2.24) is 25.1 Å². The first kappa shape index (κ1) is 32.2. The number of urea groups is 1. The van der Waals surface area contributed by atoms with Crippen molar-refractivity contribution in [2.45, 2.75) is 31.7 Å². The van der Waals surface area contributed by atoms with E-state index in [9.17, 15) is 19.5 Å². The van der Waals surface area contributed by atoms with Gasteiger partial charge < -0.3 is 26.0 Å². The Labute approximate surface area is 282 Å². The molecule has 0 saturated carbocycles. The molecule has 0 bridgehead atoms. The second kappa shape index (κ2) is 13.5. The molecule has 4 aromatic rings. The van der Waals surface area contributed by atoms with E-state index in [-0.39, 0.29) is 55.9 Å². The van der Waals surface area contributed by atoms with Gasteiger partial charge in [0.15, 0.2) is 0 Å². The highest BCUT2D eigenvalue weighted by Gasteiger charge is 2.52. The number of benzene rings is 4. The molecular weight excluding hydrogens is 639 g/mol. The van der Waals surface area contributed by atoms with Crippen LogP contribution in [0.1, 0.15) is 16.7 Å². The van der Waals surface area contributed by atoms with Gasteiger partial charge in [-0.2, -0.15) is 5.01 Å². The first-order valence-electron chi connectivity index (χ1n) is 15.1. The topological polar surface area (TPSA) is 122 Å². The Bertz CT molecular complexity index is 1860. The third-order valence-corrected chi connectivity index (χ3v) is 9.34. The van der Waals surface area contributed by atoms with Crippen molar-refractivity contribution < 1.29 is 19.5 Å². The zero-order valence-electron chi connectivity index (χ0n) is 25.5. The minimum Gasteiger partial charge on any atom is -0.506 e. The number of hydrogen-bond donors (Lipinski definition) is 3. The van der Waals surface area contributed by atoms with E-state index >= 15 is 0 Å². The maximum atomic E-state index is 14.3. The number of anilines is 1. The van der Waals surface area contributed by atoms with Crippen LogP contribution in [0.4, 0.5) is 10.5 Å². The van der Waals surface area contributed by atoms with Crippen LogP contribution in [0.5, 0.6) is 5.75 Å². The number of hydrazine groups is 1. The van der Waals surface area contributed by atoms with E-state index in [1.807, 2.05) is 42.5 Å². The lowest BCUT2D eigenvalue weighted by atomic mass is 9.98. The summed E-state index contributed by atoms with van der Waals surface area (Å²) in [6.45, 7) is 4.52. The average molecular weight is 674 g/mol. The monoisotopic (exact) mass is 672 g/mol. The van der Waals surface area contributed by atoms with Gasteiger partial charge >= 0.3 is 6.03 Å². The van der Waals surface area contributed by atoms with E-state index in [0.29, 0.717) is 22.2 Å². The number of amides is 4. The Morgan fingerprint density at radius 1 is 1.02 bits per heavy atom. The summed E-state index contributed by atoms with van der Waals surface area (Å²) in [7, 11) is 0. The van der Waals surface area contributed by atoms with Gasteiger partial charge in [0.2, 0.25) is 11.8 Å². The molecular formula is C35H34Cl2N6O4. The van der Waals surface area contributed by atoms with Gasteiger partial charge in [0.1, 0.15) is 18.0 Å². The molecule has 47 heavy (non-hydrogen) atoms. The molecule has 2 fully saturated rings. The molecule has 0 aliphatic carbocycles. The fourth-order valence-electron chi connectivity index (χ4n) is 6.33. The number of fused-ring (bicyclic) bond motifs is 2. The quantitative estimate of drug-likeness (QED) is 0.128. The number of carbonyl (C=O) groups is 3. The Morgan fingerprint density at radius 3 is 2.55 bits per heavy atom. The van der Waals surface area contributed by atoms with Gasteiger partial charge in [-0.15, -0.1) is 6.58 Å². The van der Waals surface area contributed by atoms with Crippen molar-refractivity contribution in [3.63, 3.8) is 0 Å². The molecule has 10 nitrogen and oxygen atoms in total. The molecule has 4 N–H and O–H groups in total. The molecule has 2 atom stereocenters. The summed E-state index contributed by atoms with van der Waals surface area (Å²) in [5.41, 5.74) is 8.58. The summed E-state index contributed by atoms with van der Waals surface area (Å²) in [6.07, 6.45) is 1.13. The molecule has 2 heterocycles. The SMILES string of the molecule is C=CCN(C(=O)NCc1ccc(Cl)c(Cl)c1)N1CC(=O)N2[C@@H](Cc3ccc(O)c(N)c3)C(=O)N(Cc3cccc4ccccc34)C[C@@H]21. The number of halogens is 2. The molecule has 0 spiro atoms. The molecule has 0 radical (unpaired) electrons. The van der Waals surface area contributed by atoms with Crippen LogP contribution in [0.3, 0.4) is 0 Å². The standard InChI is InChI=1S/C35H34Cl2N6O4/c1-2-14-41(35(47)39-18-23-10-12-27(36)28(37)15-23)42-21-33(45)43-30(17-22-11-13-31(44)29(38)16-22)34(46)40(20-32(42)43)19-25-8-5-7-24-6-3-4-9-26(24)25/h2-13,15-16,30,32,44H,1,14,17-21,38H2,(H,39,47)/t30-,32+/m0/s1. The van der Waals surface area contributed by atoms with Crippen molar-refractivity contribution >= 4 is 57.5 Å². The van der Waals surface area contributed by atoms with Crippen LogP contribution in [-0.2, 0) is 29.1 Å². The molecule has 2 saturated heterocycles. The van der Waals surface area contributed by atoms with Gasteiger partial charge in [0, 0.05) is 19.5 Å². The molecule has 2 aliphatic heterocycles. The number of nitrogen functional groups attached to an aromatic ring is 1. The second-order valence-corrected chi connectivity index (χ2v) is 12.4. The highest BCUT2D eigenvalue weighted by atomic mass is 35.5. The Kier molecular flexibility index (Phi) is 9.26. The van der Waals surface area contributed by atoms with E-state index in [4.69, 9.17) is 28.9 Å². The number of carbonyl (C=O) groups excluding carboxylic acids is 3. The highest BCUT2D eigenvalue weighted by Crippen LogP contribution is 2.32. The van der Waals surface area contributed by atoms with Gasteiger partial charge in [-0.25, -0.2) is 4.79 Å². The predicted molar refractivity (Wildman–Crippen MR) is 182 cm³/mol. The molecule has 4 aromatic carbocycles. The second-order valence-electron chi connectivity index (χ2n) is 11.6. The number of piperazine rings is 1. The maximum Gasteiger partial charge on any atom is 0.332 e. The van der Waals surface area contributed by atoms with Crippen LogP contribution in [-0.4, -0.2) is 74.6 Å². The number of nitrogens with one attached hydrogen (secondary N) is 1. The van der Waals surface area contributed by atoms with E-state index in [0.717, 1.165) is 21.9 Å². The smallest absolute Gasteiger partial charge is 0.332 e. The zero-order chi connectivity index (χ0) is 33.2. The molecule has 12 heteroatoms. The number of phenols is 1. The van der Waals surface area contributed by atoms with Crippen LogP contribution < -0.4 is 11.1 Å². The molecule has 242 valence electrons. The van der Waals surface area contributed by atoms with Gasteiger partial charge in [-0.05, 0) is 51.7 Å². The van der Waals surface area contributed by atoms with Crippen molar-refractivity contribution in [3.8, 4) is 5.75 Å². The molecule has 6 rings (SSSR count). The van der Waals surface area contributed by atoms with Gasteiger partial charge in [-0.1, -0.05) is 83.9 Å². The summed E-state index contributed by atoms with van der Waals surface area (Å²) >= 11 is 12.2. The third-order valence-electron chi connectivity index (χ3n) is 8.60. The fourth-order valence-corrected chi connectivity index (χ4v) is 6.65. The summed E-state index contributed by atoms with van der Waals surface area (Å²) < 4.78 is 0. The molecule has 2 aliphatic rings. The Hall–Kier alpha value is -4.77. The van der Waals surface area contributed by atoms with Crippen LogP contribution in [0.25, 0.3) is 10.8 Å². The fraction of sp³-hybridized carbons (Fsp3) is 0.229. The van der Waals surface area contributed by atoms with E-state index in [2.05, 4.69) is 11.9 Å². The van der Waals surface area contributed by atoms with Gasteiger partial charge in [0.05, 0.1) is 35.4 Å². The predicted octanol–water partition coefficient (Wildman–Crippen LogP) is 5.17. The average Bonchev–Trinajstić information content (AvgIpc) is 3.38. The van der Waals surface area contributed by atoms with Crippen molar-refractivity contribution in [2.24, 2.45) is 0 Å². The van der Waals surface area contributed by atoms with Crippen molar-refractivity contribution in [3.05, 3.63) is 118 Å². The lowest BCUT2D eigenvalue weighted by Gasteiger charge is -2.46. The minimum absolute atomic E-state index is 0.0606. The van der Waals surface area contributed by atoms with Gasteiger partial charge in [0.25, 0.3) is 0 Å². The van der Waals surface area contributed by atoms with Crippen LogP contribution in [0, 0.1) is 0 Å².